The van der Waals surface area contributed by atoms with Crippen LogP contribution in [0.15, 0.2) is 35.4 Å². The molecule has 0 atom stereocenters. The van der Waals surface area contributed by atoms with Crippen LogP contribution in [0.3, 0.4) is 0 Å². The number of nitrogens with two attached hydrogens (primary N) is 1. The molecule has 0 saturated heterocycles. The summed E-state index contributed by atoms with van der Waals surface area (Å²) in [7, 11) is 0. The molecule has 0 saturated carbocycles. The van der Waals surface area contributed by atoms with Crippen LogP contribution in [0.5, 0.6) is 0 Å². The number of hydrogen-bond donors (Lipinski definition) is 1. The predicted octanol–water partition coefficient (Wildman–Crippen LogP) is 4.03. The fourth-order valence-corrected chi connectivity index (χ4v) is 4.59. The molecule has 7 heteroatoms. The van der Waals surface area contributed by atoms with E-state index in [1.165, 1.54) is 11.8 Å². The largest absolute Gasteiger partial charge is 0.461 e. The Balaban J connectivity index is 2.15. The first kappa shape index (κ1) is 18.6. The number of ketones is 1. The molecule has 1 aromatic carbocycles. The fraction of sp³-hybridized carbons (Fsp3) is 0.286. The summed E-state index contributed by atoms with van der Waals surface area (Å²) in [6.45, 7) is 2.03. The number of nitrogen functional groups attached to an aromatic ring is 1. The molecule has 0 fully saturated rings. The highest BCUT2D eigenvalue weighted by atomic mass is 32.2. The second-order valence-electron chi connectivity index (χ2n) is 6.60. The second kappa shape index (κ2) is 7.31. The molecular formula is C21H21N3O3S. The zero-order chi connectivity index (χ0) is 19.8. The first-order valence-corrected chi connectivity index (χ1v) is 10.5. The van der Waals surface area contributed by atoms with E-state index in [4.69, 9.17) is 15.5 Å². The summed E-state index contributed by atoms with van der Waals surface area (Å²) in [6, 6.07) is 9.57. The molecule has 2 N–H and O–H groups in total. The Morgan fingerprint density at radius 2 is 2.04 bits per heavy atom. The van der Waals surface area contributed by atoms with Gasteiger partial charge in [-0.3, -0.25) is 9.36 Å². The van der Waals surface area contributed by atoms with Crippen LogP contribution >= 0.6 is 11.8 Å². The Hall–Kier alpha value is -2.80. The second-order valence-corrected chi connectivity index (χ2v) is 7.39. The number of anilines is 1. The van der Waals surface area contributed by atoms with Gasteiger partial charge in [0.15, 0.2) is 11.5 Å². The number of fused-ring (bicyclic) bond motifs is 2. The molecule has 144 valence electrons. The fourth-order valence-electron chi connectivity index (χ4n) is 3.80. The van der Waals surface area contributed by atoms with Gasteiger partial charge in [0.25, 0.3) is 0 Å². The third-order valence-corrected chi connectivity index (χ3v) is 5.72. The Bertz CT molecular complexity index is 1090. The molecule has 0 spiro atoms. The standard InChI is InChI=1S/C21H21N3O3S/c1-3-27-21(26)19-18-16(17(22)15-13(23-18)10-7-11-14(15)25)20(28-2)24(19)12-8-5-4-6-9-12/h4-6,8-9H,3,7,10-11,22H2,1-2H3. The summed E-state index contributed by atoms with van der Waals surface area (Å²) >= 11 is 1.47. The lowest BCUT2D eigenvalue weighted by Crippen LogP contribution is -2.16. The van der Waals surface area contributed by atoms with Crippen LogP contribution in [0.2, 0.25) is 0 Å². The lowest BCUT2D eigenvalue weighted by atomic mass is 9.92. The van der Waals surface area contributed by atoms with E-state index in [1.807, 2.05) is 41.2 Å². The number of thioether (sulfide) groups is 1. The van der Waals surface area contributed by atoms with Gasteiger partial charge < -0.3 is 10.5 Å². The Kier molecular flexibility index (Phi) is 4.85. The monoisotopic (exact) mass is 395 g/mol. The maximum absolute atomic E-state index is 12.9. The van der Waals surface area contributed by atoms with E-state index < -0.39 is 5.97 Å². The highest BCUT2D eigenvalue weighted by Gasteiger charge is 2.31. The molecule has 6 nitrogen and oxygen atoms in total. The number of carbonyl (C=O) groups excluding carboxylic acids is 2. The molecule has 1 aliphatic rings. The Morgan fingerprint density at radius 3 is 2.71 bits per heavy atom. The predicted molar refractivity (Wildman–Crippen MR) is 110 cm³/mol. The van der Waals surface area contributed by atoms with Crippen molar-refractivity contribution < 1.29 is 14.3 Å². The molecule has 1 aliphatic carbocycles. The van der Waals surface area contributed by atoms with Crippen molar-refractivity contribution in [3.8, 4) is 5.69 Å². The molecule has 2 aromatic heterocycles. The number of carbonyl (C=O) groups is 2. The lowest BCUT2D eigenvalue weighted by Gasteiger charge is -2.16. The molecule has 3 aromatic rings. The van der Waals surface area contributed by atoms with Crippen LogP contribution in [0.4, 0.5) is 5.69 Å². The number of rotatable bonds is 4. The van der Waals surface area contributed by atoms with E-state index in [9.17, 15) is 9.59 Å². The van der Waals surface area contributed by atoms with Crippen LogP contribution in [0.25, 0.3) is 16.6 Å². The van der Waals surface area contributed by atoms with Crippen molar-refractivity contribution in [3.05, 3.63) is 47.3 Å². The van der Waals surface area contributed by atoms with E-state index in [-0.39, 0.29) is 12.4 Å². The molecule has 0 radical (unpaired) electrons. The number of pyridine rings is 1. The summed E-state index contributed by atoms with van der Waals surface area (Å²) in [4.78, 5) is 30.2. The van der Waals surface area contributed by atoms with Crippen molar-refractivity contribution in [1.82, 2.24) is 9.55 Å². The minimum atomic E-state index is -0.453. The van der Waals surface area contributed by atoms with Gasteiger partial charge in [-0.15, -0.1) is 11.8 Å². The molecule has 4 rings (SSSR count). The van der Waals surface area contributed by atoms with Crippen molar-refractivity contribution in [2.75, 3.05) is 18.6 Å². The van der Waals surface area contributed by atoms with E-state index in [1.54, 1.807) is 6.92 Å². The van der Waals surface area contributed by atoms with Crippen molar-refractivity contribution in [3.63, 3.8) is 0 Å². The summed E-state index contributed by atoms with van der Waals surface area (Å²) in [6.07, 6.45) is 3.81. The minimum absolute atomic E-state index is 0.0188. The first-order chi connectivity index (χ1) is 13.6. The van der Waals surface area contributed by atoms with Gasteiger partial charge in [-0.25, -0.2) is 9.78 Å². The topological polar surface area (TPSA) is 87.2 Å². The molecule has 0 bridgehead atoms. The number of aromatic nitrogens is 2. The van der Waals surface area contributed by atoms with Crippen molar-refractivity contribution in [1.29, 1.82) is 0 Å². The number of para-hydroxylation sites is 1. The number of Topliss-reactive ketones (excluding diaryl/α,β-unsaturated/α-hetero) is 1. The van der Waals surface area contributed by atoms with E-state index >= 15 is 0 Å². The van der Waals surface area contributed by atoms with Crippen LogP contribution in [-0.2, 0) is 11.2 Å². The molecule has 0 aliphatic heterocycles. The Labute approximate surface area is 167 Å². The van der Waals surface area contributed by atoms with Gasteiger partial charge in [0, 0.05) is 12.1 Å². The highest BCUT2D eigenvalue weighted by molar-refractivity contribution is 7.98. The number of aryl methyl sites for hydroxylation is 1. The first-order valence-electron chi connectivity index (χ1n) is 9.25. The van der Waals surface area contributed by atoms with Crippen molar-refractivity contribution >= 4 is 40.1 Å². The van der Waals surface area contributed by atoms with Gasteiger partial charge in [0.1, 0.15) is 5.52 Å². The van der Waals surface area contributed by atoms with Crippen molar-refractivity contribution in [2.24, 2.45) is 0 Å². The van der Waals surface area contributed by atoms with Crippen LogP contribution < -0.4 is 5.73 Å². The third kappa shape index (κ3) is 2.77. The normalized spacial score (nSPS) is 13.6. The number of esters is 1. The molecule has 0 amide bonds. The van der Waals surface area contributed by atoms with Gasteiger partial charge in [-0.1, -0.05) is 18.2 Å². The SMILES string of the molecule is CCOC(=O)c1c2nc3c(c(N)c2c(SC)n1-c1ccccc1)C(=O)CCC3. The third-order valence-electron chi connectivity index (χ3n) is 4.95. The van der Waals surface area contributed by atoms with E-state index in [0.717, 1.165) is 17.1 Å². The average molecular weight is 395 g/mol. The van der Waals surface area contributed by atoms with Gasteiger partial charge in [0.2, 0.25) is 0 Å². The van der Waals surface area contributed by atoms with E-state index in [0.29, 0.717) is 46.4 Å². The zero-order valence-electron chi connectivity index (χ0n) is 15.8. The highest BCUT2D eigenvalue weighted by Crippen LogP contribution is 2.41. The van der Waals surface area contributed by atoms with Gasteiger partial charge >= 0.3 is 5.97 Å². The number of benzene rings is 1. The van der Waals surface area contributed by atoms with E-state index in [2.05, 4.69) is 0 Å². The van der Waals surface area contributed by atoms with Crippen LogP contribution in [-0.4, -0.2) is 34.2 Å². The maximum atomic E-state index is 12.9. The number of nitrogens with zero attached hydrogens (tertiary/aromatic N) is 2. The molecule has 28 heavy (non-hydrogen) atoms. The lowest BCUT2D eigenvalue weighted by molar-refractivity contribution is 0.0518. The molecule has 0 unspecified atom stereocenters. The summed E-state index contributed by atoms with van der Waals surface area (Å²) < 4.78 is 7.18. The average Bonchev–Trinajstić information content (AvgIpc) is 3.03. The van der Waals surface area contributed by atoms with Gasteiger partial charge in [0.05, 0.1) is 34.0 Å². The van der Waals surface area contributed by atoms with Gasteiger partial charge in [-0.2, -0.15) is 0 Å². The molecule has 2 heterocycles. The molecular weight excluding hydrogens is 374 g/mol. The van der Waals surface area contributed by atoms with Crippen LogP contribution in [0, 0.1) is 0 Å². The summed E-state index contributed by atoms with van der Waals surface area (Å²) in [5.41, 5.74) is 9.75. The number of ether oxygens (including phenoxy) is 1. The maximum Gasteiger partial charge on any atom is 0.357 e. The smallest absolute Gasteiger partial charge is 0.357 e. The summed E-state index contributed by atoms with van der Waals surface area (Å²) in [5.74, 6) is -0.434. The van der Waals surface area contributed by atoms with Crippen molar-refractivity contribution in [2.45, 2.75) is 31.2 Å². The minimum Gasteiger partial charge on any atom is -0.461 e. The Morgan fingerprint density at radius 1 is 1.29 bits per heavy atom. The van der Waals surface area contributed by atoms with Crippen LogP contribution in [0.1, 0.15) is 46.3 Å². The zero-order valence-corrected chi connectivity index (χ0v) is 16.6. The quantitative estimate of drug-likeness (QED) is 0.530. The summed E-state index contributed by atoms with van der Waals surface area (Å²) in [5, 5.41) is 1.42. The van der Waals surface area contributed by atoms with Gasteiger partial charge in [-0.05, 0) is 38.2 Å². The number of hydrogen-bond acceptors (Lipinski definition) is 6.